The van der Waals surface area contributed by atoms with E-state index in [0.717, 1.165) is 31.5 Å². The van der Waals surface area contributed by atoms with Crippen molar-refractivity contribution in [3.05, 3.63) is 51.7 Å². The van der Waals surface area contributed by atoms with Gasteiger partial charge in [-0.2, -0.15) is 0 Å². The van der Waals surface area contributed by atoms with Crippen molar-refractivity contribution < 1.29 is 9.53 Å². The van der Waals surface area contributed by atoms with Gasteiger partial charge in [0.15, 0.2) is 14.5 Å². The molecule has 0 fully saturated rings. The van der Waals surface area contributed by atoms with Gasteiger partial charge in [0.05, 0.1) is 17.7 Å². The normalized spacial score (nSPS) is 10.8. The number of thiophene rings is 1. The van der Waals surface area contributed by atoms with Crippen molar-refractivity contribution in [3.63, 3.8) is 0 Å². The highest BCUT2D eigenvalue weighted by molar-refractivity contribution is 8.03. The number of hydrogen-bond acceptors (Lipinski definition) is 8. The number of methoxy groups -OCH3 is 1. The van der Waals surface area contributed by atoms with Gasteiger partial charge in [-0.05, 0) is 36.2 Å². The zero-order valence-electron chi connectivity index (χ0n) is 14.4. The number of carbonyl (C=O) groups is 1. The third kappa shape index (κ3) is 5.33. The molecule has 26 heavy (non-hydrogen) atoms. The fourth-order valence-corrected chi connectivity index (χ4v) is 5.93. The Hall–Kier alpha value is -1.35. The van der Waals surface area contributed by atoms with Crippen molar-refractivity contribution in [3.8, 4) is 5.75 Å². The third-order valence-corrected chi connectivity index (χ3v) is 8.05. The van der Waals surface area contributed by atoms with Gasteiger partial charge in [0.2, 0.25) is 0 Å². The second-order valence-corrected chi connectivity index (χ2v) is 9.89. The van der Waals surface area contributed by atoms with E-state index in [2.05, 4.69) is 17.1 Å². The van der Waals surface area contributed by atoms with Crippen molar-refractivity contribution in [2.45, 2.75) is 27.8 Å². The summed E-state index contributed by atoms with van der Waals surface area (Å²) in [4.78, 5) is 14.3. The predicted octanol–water partition coefficient (Wildman–Crippen LogP) is 5.44. The molecule has 3 aromatic rings. The van der Waals surface area contributed by atoms with Gasteiger partial charge in [-0.25, -0.2) is 0 Å². The summed E-state index contributed by atoms with van der Waals surface area (Å²) >= 11 is 6.23. The summed E-state index contributed by atoms with van der Waals surface area (Å²) in [7, 11) is 1.66. The van der Waals surface area contributed by atoms with Crippen molar-refractivity contribution in [2.24, 2.45) is 0 Å². The molecule has 4 nitrogen and oxygen atoms in total. The Balaban J connectivity index is 1.48. The van der Waals surface area contributed by atoms with Crippen LogP contribution in [0.2, 0.25) is 0 Å². The molecule has 2 heterocycles. The average molecular weight is 423 g/mol. The van der Waals surface area contributed by atoms with Gasteiger partial charge < -0.3 is 4.74 Å². The molecule has 0 aliphatic rings. The number of thioether (sulfide) groups is 2. The fourth-order valence-electron chi connectivity index (χ4n) is 2.10. The van der Waals surface area contributed by atoms with Crippen LogP contribution in [0.5, 0.6) is 5.75 Å². The number of carbonyl (C=O) groups excluding carboxylic acids is 1. The summed E-state index contributed by atoms with van der Waals surface area (Å²) < 4.78 is 6.92. The smallest absolute Gasteiger partial charge is 0.183 e. The average Bonchev–Trinajstić information content (AvgIpc) is 3.34. The van der Waals surface area contributed by atoms with Crippen molar-refractivity contribution >= 4 is 52.0 Å². The zero-order valence-corrected chi connectivity index (χ0v) is 17.7. The maximum Gasteiger partial charge on any atom is 0.183 e. The summed E-state index contributed by atoms with van der Waals surface area (Å²) in [6.45, 7) is 2.10. The van der Waals surface area contributed by atoms with E-state index in [4.69, 9.17) is 4.74 Å². The first-order chi connectivity index (χ1) is 12.7. The molecular formula is C18H18N2O2S4. The maximum absolute atomic E-state index is 12.2. The molecule has 136 valence electrons. The number of ketones is 1. The number of Topliss-reactive ketones (excluding diaryl/α,β-unsaturated/α-hetero) is 1. The quantitative estimate of drug-likeness (QED) is 0.338. The van der Waals surface area contributed by atoms with Gasteiger partial charge in [0.25, 0.3) is 0 Å². The van der Waals surface area contributed by atoms with Crippen LogP contribution in [0.3, 0.4) is 0 Å². The van der Waals surface area contributed by atoms with E-state index in [0.29, 0.717) is 5.75 Å². The molecule has 0 spiro atoms. The second kappa shape index (κ2) is 9.55. The van der Waals surface area contributed by atoms with E-state index in [9.17, 15) is 4.79 Å². The molecular weight excluding hydrogens is 404 g/mol. The van der Waals surface area contributed by atoms with Crippen LogP contribution in [-0.2, 0) is 12.2 Å². The Morgan fingerprint density at radius 3 is 2.42 bits per heavy atom. The Labute approximate surface area is 169 Å². The van der Waals surface area contributed by atoms with Crippen LogP contribution in [0.1, 0.15) is 27.0 Å². The minimum Gasteiger partial charge on any atom is -0.497 e. The van der Waals surface area contributed by atoms with Crippen LogP contribution in [0.4, 0.5) is 0 Å². The first kappa shape index (κ1) is 19.4. The first-order valence-electron chi connectivity index (χ1n) is 8.02. The maximum atomic E-state index is 12.2. The highest BCUT2D eigenvalue weighted by Gasteiger charge is 2.12. The van der Waals surface area contributed by atoms with Gasteiger partial charge in [-0.1, -0.05) is 53.9 Å². The standard InChI is InChI=1S/C18H18N2O2S4/c1-3-14-8-9-16(25-14)15(21)11-24-18-20-19-17(26-18)23-10-12-4-6-13(22-2)7-5-12/h4-9H,3,10-11H2,1-2H3. The topological polar surface area (TPSA) is 52.1 Å². The SMILES string of the molecule is CCc1ccc(C(=O)CSc2nnc(SCc3ccc(OC)cc3)s2)s1. The molecule has 0 aliphatic carbocycles. The Morgan fingerprint density at radius 2 is 1.77 bits per heavy atom. The molecule has 0 radical (unpaired) electrons. The number of nitrogens with zero attached hydrogens (tertiary/aromatic N) is 2. The van der Waals surface area contributed by atoms with Crippen LogP contribution >= 0.6 is 46.2 Å². The van der Waals surface area contributed by atoms with E-state index in [-0.39, 0.29) is 5.78 Å². The molecule has 3 rings (SSSR count). The van der Waals surface area contributed by atoms with Gasteiger partial charge in [0.1, 0.15) is 5.75 Å². The number of aromatic nitrogens is 2. The summed E-state index contributed by atoms with van der Waals surface area (Å²) in [5.74, 6) is 2.25. The van der Waals surface area contributed by atoms with E-state index >= 15 is 0 Å². The van der Waals surface area contributed by atoms with E-state index in [1.54, 1.807) is 30.2 Å². The molecule has 0 bridgehead atoms. The second-order valence-electron chi connectivity index (χ2n) is 5.30. The molecule has 0 amide bonds. The molecule has 0 N–H and O–H groups in total. The molecule has 8 heteroatoms. The Morgan fingerprint density at radius 1 is 1.04 bits per heavy atom. The number of benzene rings is 1. The number of hydrogen-bond donors (Lipinski definition) is 0. The molecule has 1 aromatic carbocycles. The lowest BCUT2D eigenvalue weighted by Gasteiger charge is -2.01. The van der Waals surface area contributed by atoms with E-state index in [1.807, 2.05) is 36.4 Å². The molecule has 0 atom stereocenters. The molecule has 0 unspecified atom stereocenters. The monoisotopic (exact) mass is 422 g/mol. The Bertz CT molecular complexity index is 858. The highest BCUT2D eigenvalue weighted by atomic mass is 32.2. The lowest BCUT2D eigenvalue weighted by Crippen LogP contribution is -1.98. The molecule has 2 aromatic heterocycles. The van der Waals surface area contributed by atoms with Crippen molar-refractivity contribution in [1.29, 1.82) is 0 Å². The number of ether oxygens (including phenoxy) is 1. The third-order valence-electron chi connectivity index (χ3n) is 3.52. The summed E-state index contributed by atoms with van der Waals surface area (Å²) in [6, 6.07) is 12.0. The summed E-state index contributed by atoms with van der Waals surface area (Å²) in [5.41, 5.74) is 1.21. The fraction of sp³-hybridized carbons (Fsp3) is 0.278. The minimum atomic E-state index is 0.155. The van der Waals surface area contributed by atoms with Crippen molar-refractivity contribution in [1.82, 2.24) is 10.2 Å². The zero-order chi connectivity index (χ0) is 18.4. The van der Waals surface area contributed by atoms with Crippen molar-refractivity contribution in [2.75, 3.05) is 12.9 Å². The van der Waals surface area contributed by atoms with Crippen LogP contribution in [0.25, 0.3) is 0 Å². The lowest BCUT2D eigenvalue weighted by molar-refractivity contribution is 0.102. The van der Waals surface area contributed by atoms with Crippen LogP contribution in [0.15, 0.2) is 45.1 Å². The molecule has 0 saturated carbocycles. The van der Waals surface area contributed by atoms with E-state index < -0.39 is 0 Å². The first-order valence-corrected chi connectivity index (χ1v) is 11.6. The van der Waals surface area contributed by atoms with Gasteiger partial charge in [-0.15, -0.1) is 21.5 Å². The van der Waals surface area contributed by atoms with Crippen LogP contribution in [0, 0.1) is 0 Å². The lowest BCUT2D eigenvalue weighted by atomic mass is 10.2. The van der Waals surface area contributed by atoms with Crippen LogP contribution < -0.4 is 4.74 Å². The molecule has 0 aliphatic heterocycles. The van der Waals surface area contributed by atoms with Gasteiger partial charge in [-0.3, -0.25) is 4.79 Å². The Kier molecular flexibility index (Phi) is 7.13. The summed E-state index contributed by atoms with van der Waals surface area (Å²) in [6.07, 6.45) is 0.969. The highest BCUT2D eigenvalue weighted by Crippen LogP contribution is 2.31. The summed E-state index contributed by atoms with van der Waals surface area (Å²) in [5, 5.41) is 8.40. The minimum absolute atomic E-state index is 0.155. The van der Waals surface area contributed by atoms with Gasteiger partial charge >= 0.3 is 0 Å². The van der Waals surface area contributed by atoms with Gasteiger partial charge in [0, 0.05) is 10.6 Å². The predicted molar refractivity (Wildman–Crippen MR) is 111 cm³/mol. The largest absolute Gasteiger partial charge is 0.497 e. The molecule has 0 saturated heterocycles. The number of rotatable bonds is 9. The number of aryl methyl sites for hydroxylation is 1. The van der Waals surface area contributed by atoms with Crippen LogP contribution in [-0.4, -0.2) is 28.8 Å². The van der Waals surface area contributed by atoms with E-state index in [1.165, 1.54) is 33.5 Å².